The maximum Gasteiger partial charge on any atom is 0.291 e. The van der Waals surface area contributed by atoms with Crippen molar-refractivity contribution in [1.29, 1.82) is 0 Å². The van der Waals surface area contributed by atoms with E-state index in [4.69, 9.17) is 10.5 Å². The Kier molecular flexibility index (Phi) is 4.21. The molecule has 1 aromatic rings. The highest BCUT2D eigenvalue weighted by molar-refractivity contribution is 7.89. The van der Waals surface area contributed by atoms with E-state index in [-0.39, 0.29) is 23.0 Å². The van der Waals surface area contributed by atoms with Crippen molar-refractivity contribution in [1.82, 2.24) is 4.72 Å². The molecule has 0 spiro atoms. The molecule has 1 aliphatic heterocycles. The van der Waals surface area contributed by atoms with Crippen LogP contribution in [0.3, 0.4) is 0 Å². The van der Waals surface area contributed by atoms with Gasteiger partial charge >= 0.3 is 0 Å². The van der Waals surface area contributed by atoms with Crippen molar-refractivity contribution in [2.75, 3.05) is 25.5 Å². The van der Waals surface area contributed by atoms with Gasteiger partial charge in [-0.15, -0.1) is 0 Å². The van der Waals surface area contributed by atoms with Gasteiger partial charge in [-0.3, -0.25) is 10.1 Å². The Morgan fingerprint density at radius 1 is 1.50 bits per heavy atom. The summed E-state index contributed by atoms with van der Waals surface area (Å²) in [6, 6.07) is 3.49. The summed E-state index contributed by atoms with van der Waals surface area (Å²) in [5.74, 6) is 0.0950. The maximum absolute atomic E-state index is 12.1. The van der Waals surface area contributed by atoms with E-state index in [0.29, 0.717) is 13.2 Å². The predicted molar refractivity (Wildman–Crippen MR) is 71.6 cm³/mol. The molecule has 2 rings (SSSR count). The lowest BCUT2D eigenvalue weighted by atomic mass is 10.1. The lowest BCUT2D eigenvalue weighted by Crippen LogP contribution is -2.30. The van der Waals surface area contributed by atoms with Gasteiger partial charge in [0, 0.05) is 24.9 Å². The van der Waals surface area contributed by atoms with Gasteiger partial charge < -0.3 is 10.5 Å². The van der Waals surface area contributed by atoms with Crippen LogP contribution < -0.4 is 10.5 Å². The zero-order valence-electron chi connectivity index (χ0n) is 10.6. The fourth-order valence-corrected chi connectivity index (χ4v) is 3.22. The first kappa shape index (κ1) is 14.7. The van der Waals surface area contributed by atoms with Gasteiger partial charge in [-0.2, -0.15) is 0 Å². The molecular weight excluding hydrogens is 286 g/mol. The highest BCUT2D eigenvalue weighted by atomic mass is 32.2. The van der Waals surface area contributed by atoms with E-state index in [9.17, 15) is 18.5 Å². The lowest BCUT2D eigenvalue weighted by molar-refractivity contribution is -0.387. The van der Waals surface area contributed by atoms with Crippen LogP contribution >= 0.6 is 0 Å². The SMILES string of the molecule is Nc1ccc(S(=O)(=O)NCC2CCOC2)c([N+](=O)[O-])c1. The number of nitro groups is 1. The molecule has 1 saturated heterocycles. The molecule has 1 aromatic carbocycles. The molecule has 1 heterocycles. The third kappa shape index (κ3) is 3.24. The van der Waals surface area contributed by atoms with Crippen molar-refractivity contribution in [2.45, 2.75) is 11.3 Å². The number of sulfonamides is 1. The highest BCUT2D eigenvalue weighted by Crippen LogP contribution is 2.26. The molecule has 110 valence electrons. The summed E-state index contributed by atoms with van der Waals surface area (Å²) < 4.78 is 31.8. The Labute approximate surface area is 116 Å². The van der Waals surface area contributed by atoms with Crippen LogP contribution in [0.25, 0.3) is 0 Å². The Balaban J connectivity index is 2.22. The predicted octanol–water partition coefficient (Wildman–Crippen LogP) is 0.492. The molecule has 9 heteroatoms. The number of hydrogen-bond donors (Lipinski definition) is 2. The van der Waals surface area contributed by atoms with E-state index in [1.807, 2.05) is 0 Å². The molecule has 0 radical (unpaired) electrons. The minimum absolute atomic E-state index is 0.0950. The number of rotatable bonds is 5. The second kappa shape index (κ2) is 5.73. The molecule has 8 nitrogen and oxygen atoms in total. The minimum atomic E-state index is -3.94. The monoisotopic (exact) mass is 301 g/mol. The number of nitrogens with one attached hydrogen (secondary N) is 1. The highest BCUT2D eigenvalue weighted by Gasteiger charge is 2.27. The fraction of sp³-hybridized carbons (Fsp3) is 0.455. The second-order valence-electron chi connectivity index (χ2n) is 4.57. The van der Waals surface area contributed by atoms with E-state index >= 15 is 0 Å². The number of hydrogen-bond acceptors (Lipinski definition) is 6. The van der Waals surface area contributed by atoms with E-state index in [2.05, 4.69) is 4.72 Å². The van der Waals surface area contributed by atoms with Crippen LogP contribution in [0.2, 0.25) is 0 Å². The normalized spacial score (nSPS) is 19.1. The van der Waals surface area contributed by atoms with Crippen LogP contribution in [0.1, 0.15) is 6.42 Å². The molecule has 1 aliphatic rings. The summed E-state index contributed by atoms with van der Waals surface area (Å²) in [5.41, 5.74) is 5.06. The number of anilines is 1. The van der Waals surface area contributed by atoms with Gasteiger partial charge in [0.25, 0.3) is 5.69 Å². The first-order valence-corrected chi connectivity index (χ1v) is 7.50. The number of nitrogen functional groups attached to an aromatic ring is 1. The van der Waals surface area contributed by atoms with Gasteiger partial charge in [-0.05, 0) is 24.5 Å². The number of nitrogens with two attached hydrogens (primary N) is 1. The fourth-order valence-electron chi connectivity index (χ4n) is 1.95. The van der Waals surface area contributed by atoms with Gasteiger partial charge in [-0.25, -0.2) is 13.1 Å². The molecule has 1 fully saturated rings. The van der Waals surface area contributed by atoms with Crippen LogP contribution in [0.5, 0.6) is 0 Å². The van der Waals surface area contributed by atoms with Crippen molar-refractivity contribution in [3.05, 3.63) is 28.3 Å². The maximum atomic E-state index is 12.1. The Bertz CT molecular complexity index is 610. The third-order valence-electron chi connectivity index (χ3n) is 3.06. The van der Waals surface area contributed by atoms with Crippen LogP contribution in [-0.4, -0.2) is 33.1 Å². The molecule has 1 unspecified atom stereocenters. The number of nitrogens with zero attached hydrogens (tertiary/aromatic N) is 1. The summed E-state index contributed by atoms with van der Waals surface area (Å²) in [7, 11) is -3.94. The van der Waals surface area contributed by atoms with Gasteiger partial charge in [0.15, 0.2) is 4.90 Å². The Hall–Kier alpha value is -1.71. The second-order valence-corrected chi connectivity index (χ2v) is 6.30. The quantitative estimate of drug-likeness (QED) is 0.463. The van der Waals surface area contributed by atoms with Crippen molar-refractivity contribution in [3.8, 4) is 0 Å². The zero-order chi connectivity index (χ0) is 14.8. The summed E-state index contributed by atoms with van der Waals surface area (Å²) in [4.78, 5) is 9.78. The van der Waals surface area contributed by atoms with Crippen LogP contribution in [0.15, 0.2) is 23.1 Å². The zero-order valence-corrected chi connectivity index (χ0v) is 11.4. The summed E-state index contributed by atoms with van der Waals surface area (Å²) in [6.07, 6.45) is 0.770. The van der Waals surface area contributed by atoms with Gasteiger partial charge in [0.05, 0.1) is 11.5 Å². The minimum Gasteiger partial charge on any atom is -0.399 e. The summed E-state index contributed by atoms with van der Waals surface area (Å²) >= 11 is 0. The molecule has 0 amide bonds. The third-order valence-corrected chi connectivity index (χ3v) is 4.53. The standard InChI is InChI=1S/C11H15N3O5S/c12-9-1-2-11(10(5-9)14(15)16)20(17,18)13-6-8-3-4-19-7-8/h1-2,5,8,13H,3-4,6-7,12H2. The summed E-state index contributed by atoms with van der Waals surface area (Å²) in [6.45, 7) is 1.30. The topological polar surface area (TPSA) is 125 Å². The smallest absolute Gasteiger partial charge is 0.291 e. The molecule has 0 saturated carbocycles. The average molecular weight is 301 g/mol. The van der Waals surface area contributed by atoms with E-state index in [1.54, 1.807) is 0 Å². The number of ether oxygens (including phenoxy) is 1. The van der Waals surface area contributed by atoms with Gasteiger partial charge in [-0.1, -0.05) is 0 Å². The van der Waals surface area contributed by atoms with E-state index < -0.39 is 20.6 Å². The Morgan fingerprint density at radius 3 is 2.85 bits per heavy atom. The Morgan fingerprint density at radius 2 is 2.25 bits per heavy atom. The van der Waals surface area contributed by atoms with Gasteiger partial charge in [0.2, 0.25) is 10.0 Å². The molecule has 1 atom stereocenters. The molecule has 3 N–H and O–H groups in total. The number of benzene rings is 1. The van der Waals surface area contributed by atoms with Crippen molar-refractivity contribution in [2.24, 2.45) is 5.92 Å². The van der Waals surface area contributed by atoms with Crippen molar-refractivity contribution >= 4 is 21.4 Å². The first-order chi connectivity index (χ1) is 9.40. The molecule has 0 aliphatic carbocycles. The van der Waals surface area contributed by atoms with Crippen molar-refractivity contribution in [3.63, 3.8) is 0 Å². The molecule has 20 heavy (non-hydrogen) atoms. The van der Waals surface area contributed by atoms with Crippen LogP contribution in [0.4, 0.5) is 11.4 Å². The number of nitro benzene ring substituents is 1. The first-order valence-electron chi connectivity index (χ1n) is 6.01. The molecular formula is C11H15N3O5S. The summed E-state index contributed by atoms with van der Waals surface area (Å²) in [5, 5.41) is 10.9. The average Bonchev–Trinajstić information content (AvgIpc) is 2.89. The van der Waals surface area contributed by atoms with E-state index in [1.165, 1.54) is 6.07 Å². The van der Waals surface area contributed by atoms with Crippen LogP contribution in [-0.2, 0) is 14.8 Å². The van der Waals surface area contributed by atoms with Crippen LogP contribution in [0, 0.1) is 16.0 Å². The van der Waals surface area contributed by atoms with E-state index in [0.717, 1.165) is 18.6 Å². The molecule has 0 bridgehead atoms. The van der Waals surface area contributed by atoms with Gasteiger partial charge in [0.1, 0.15) is 0 Å². The molecule has 0 aromatic heterocycles. The largest absolute Gasteiger partial charge is 0.399 e. The lowest BCUT2D eigenvalue weighted by Gasteiger charge is -2.10. The van der Waals surface area contributed by atoms with Crippen molar-refractivity contribution < 1.29 is 18.1 Å².